The summed E-state index contributed by atoms with van der Waals surface area (Å²) in [5.41, 5.74) is 4.29. The Kier molecular flexibility index (Phi) is 7.82. The number of aliphatic hydroxyl groups is 1. The van der Waals surface area contributed by atoms with Crippen LogP contribution in [0.15, 0.2) is 42.5 Å². The van der Waals surface area contributed by atoms with Gasteiger partial charge in [-0.2, -0.15) is 0 Å². The van der Waals surface area contributed by atoms with Gasteiger partial charge >= 0.3 is 5.97 Å². The van der Waals surface area contributed by atoms with Crippen molar-refractivity contribution in [1.29, 1.82) is 5.41 Å². The number of carbonyl (C=O) groups excluding carboxylic acids is 1. The van der Waals surface area contributed by atoms with Crippen molar-refractivity contribution < 1.29 is 19.4 Å². The fourth-order valence-corrected chi connectivity index (χ4v) is 2.71. The highest BCUT2D eigenvalue weighted by Crippen LogP contribution is 2.23. The number of aromatic amines is 1. The number of aromatic nitrogens is 1. The van der Waals surface area contributed by atoms with Crippen LogP contribution >= 0.6 is 0 Å². The number of benzene rings is 1. The zero-order valence-corrected chi connectivity index (χ0v) is 15.7. The predicted octanol–water partition coefficient (Wildman–Crippen LogP) is 3.10. The maximum atomic E-state index is 11.4. The first-order chi connectivity index (χ1) is 13.0. The number of nitrogens with one attached hydrogen (secondary N) is 2. The molecule has 0 spiro atoms. The maximum Gasteiger partial charge on any atom is 0.343 e. The highest BCUT2D eigenvalue weighted by Gasteiger charge is 2.14. The van der Waals surface area contributed by atoms with E-state index in [-0.39, 0.29) is 13.2 Å². The van der Waals surface area contributed by atoms with Gasteiger partial charge in [0.15, 0.2) is 6.61 Å². The molecule has 144 valence electrons. The normalized spacial score (nSPS) is 11.3. The lowest BCUT2D eigenvalue weighted by Gasteiger charge is -2.08. The van der Waals surface area contributed by atoms with Crippen molar-refractivity contribution in [3.63, 3.8) is 0 Å². The fourth-order valence-electron chi connectivity index (χ4n) is 2.71. The first-order valence-corrected chi connectivity index (χ1v) is 8.86. The van der Waals surface area contributed by atoms with Crippen LogP contribution in [0.1, 0.15) is 35.9 Å². The molecule has 0 aliphatic heterocycles. The third kappa shape index (κ3) is 6.42. The summed E-state index contributed by atoms with van der Waals surface area (Å²) in [6.07, 6.45) is 3.67. The van der Waals surface area contributed by atoms with Crippen LogP contribution in [-0.2, 0) is 27.1 Å². The summed E-state index contributed by atoms with van der Waals surface area (Å²) < 4.78 is 10.2. The molecule has 0 fully saturated rings. The van der Waals surface area contributed by atoms with Crippen LogP contribution in [0.2, 0.25) is 0 Å². The van der Waals surface area contributed by atoms with Gasteiger partial charge in [0.1, 0.15) is 5.76 Å². The molecule has 0 atom stereocenters. The number of H-pyrrole nitrogens is 1. The number of hydrogen-bond donors (Lipinski definition) is 3. The minimum absolute atomic E-state index is 0.117. The molecule has 6 heteroatoms. The molecule has 2 rings (SSSR count). The molecule has 3 N–H and O–H groups in total. The number of esters is 1. The van der Waals surface area contributed by atoms with Gasteiger partial charge in [-0.3, -0.25) is 0 Å². The summed E-state index contributed by atoms with van der Waals surface area (Å²) in [4.78, 5) is 14.8. The highest BCUT2D eigenvalue weighted by atomic mass is 16.6. The maximum absolute atomic E-state index is 11.4. The number of aryl methyl sites for hydroxylation is 1. The van der Waals surface area contributed by atoms with Crippen molar-refractivity contribution in [3.05, 3.63) is 65.0 Å². The van der Waals surface area contributed by atoms with Crippen LogP contribution in [0, 0.1) is 5.41 Å². The number of aliphatic hydroxyl groups excluding tert-OH is 1. The van der Waals surface area contributed by atoms with E-state index in [1.807, 2.05) is 24.3 Å². The number of allylic oxidation sites excluding steroid dienone is 1. The van der Waals surface area contributed by atoms with Crippen LogP contribution in [-0.4, -0.2) is 42.1 Å². The zero-order valence-electron chi connectivity index (χ0n) is 15.7. The van der Waals surface area contributed by atoms with Gasteiger partial charge in [-0.05, 0) is 37.0 Å². The van der Waals surface area contributed by atoms with Gasteiger partial charge in [-0.1, -0.05) is 30.3 Å². The van der Waals surface area contributed by atoms with Crippen molar-refractivity contribution in [2.45, 2.75) is 26.2 Å². The second kappa shape index (κ2) is 10.3. The molecule has 0 amide bonds. The van der Waals surface area contributed by atoms with Crippen LogP contribution < -0.4 is 0 Å². The molecule has 0 radical (unpaired) electrons. The number of ether oxygens (including phenoxy) is 2. The fraction of sp³-hybridized carbons (Fsp3) is 0.333. The molecule has 1 aromatic carbocycles. The number of carbonyl (C=O) groups is 1. The summed E-state index contributed by atoms with van der Waals surface area (Å²) in [5, 5.41) is 16.9. The first kappa shape index (κ1) is 20.5. The van der Waals surface area contributed by atoms with E-state index in [2.05, 4.69) is 21.9 Å². The lowest BCUT2D eigenvalue weighted by atomic mass is 10.0. The molecule has 0 bridgehead atoms. The van der Waals surface area contributed by atoms with E-state index in [0.29, 0.717) is 23.6 Å². The van der Waals surface area contributed by atoms with Crippen molar-refractivity contribution in [1.82, 2.24) is 4.98 Å². The van der Waals surface area contributed by atoms with Crippen molar-refractivity contribution in [2.75, 3.05) is 20.3 Å². The largest absolute Gasteiger partial charge is 0.480 e. The van der Waals surface area contributed by atoms with E-state index in [0.717, 1.165) is 24.1 Å². The number of methoxy groups -OCH3 is 1. The molecule has 1 heterocycles. The van der Waals surface area contributed by atoms with Gasteiger partial charge in [0, 0.05) is 30.5 Å². The smallest absolute Gasteiger partial charge is 0.343 e. The summed E-state index contributed by atoms with van der Waals surface area (Å²) >= 11 is 0. The average molecular weight is 370 g/mol. The van der Waals surface area contributed by atoms with Gasteiger partial charge in [0.05, 0.1) is 12.8 Å². The third-order valence-corrected chi connectivity index (χ3v) is 4.01. The zero-order chi connectivity index (χ0) is 19.6. The highest BCUT2D eigenvalue weighted by molar-refractivity contribution is 5.95. The van der Waals surface area contributed by atoms with Crippen molar-refractivity contribution in [2.24, 2.45) is 0 Å². The summed E-state index contributed by atoms with van der Waals surface area (Å²) in [6, 6.07) is 12.0. The molecule has 0 aliphatic rings. The molecule has 0 aliphatic carbocycles. The van der Waals surface area contributed by atoms with Gasteiger partial charge < -0.3 is 25.0 Å². The molecule has 27 heavy (non-hydrogen) atoms. The first-order valence-electron chi connectivity index (χ1n) is 8.86. The molecule has 1 aromatic heterocycles. The predicted molar refractivity (Wildman–Crippen MR) is 105 cm³/mol. The van der Waals surface area contributed by atoms with E-state index >= 15 is 0 Å². The Morgan fingerprint density at radius 1 is 1.30 bits per heavy atom. The second-order valence-corrected chi connectivity index (χ2v) is 6.23. The van der Waals surface area contributed by atoms with E-state index in [4.69, 9.17) is 10.1 Å². The monoisotopic (exact) mass is 370 g/mol. The van der Waals surface area contributed by atoms with Crippen LogP contribution in [0.3, 0.4) is 0 Å². The molecule has 2 aromatic rings. The van der Waals surface area contributed by atoms with Gasteiger partial charge in [-0.15, -0.1) is 0 Å². The van der Waals surface area contributed by atoms with E-state index in [9.17, 15) is 9.90 Å². The van der Waals surface area contributed by atoms with Gasteiger partial charge in [0.25, 0.3) is 0 Å². The van der Waals surface area contributed by atoms with Crippen molar-refractivity contribution in [3.8, 4) is 0 Å². The van der Waals surface area contributed by atoms with Crippen molar-refractivity contribution >= 4 is 17.4 Å². The Bertz CT molecular complexity index is 794. The van der Waals surface area contributed by atoms with E-state index in [1.54, 1.807) is 13.0 Å². The SMILES string of the molecule is COC(=O)CO/C(=C/C(C)=N)c1cc(CCCO)c(Cc2ccccc2)[nH]1. The number of hydrogen-bond acceptors (Lipinski definition) is 5. The van der Waals surface area contributed by atoms with Crippen LogP contribution in [0.4, 0.5) is 0 Å². The third-order valence-electron chi connectivity index (χ3n) is 4.01. The molecular formula is C21H26N2O4. The topological polar surface area (TPSA) is 95.4 Å². The van der Waals surface area contributed by atoms with Crippen LogP contribution in [0.25, 0.3) is 5.76 Å². The Hall–Kier alpha value is -2.86. The second-order valence-electron chi connectivity index (χ2n) is 6.23. The standard InChI is InChI=1S/C21H26N2O4/c1-15(22)11-20(27-14-21(25)26-2)19-13-17(9-6-10-24)18(23-19)12-16-7-4-3-5-8-16/h3-5,7-8,11,13,22-24H,6,9-10,12,14H2,1-2H3/b20-11+,22-15?. The minimum Gasteiger partial charge on any atom is -0.480 e. The molecule has 6 nitrogen and oxygen atoms in total. The Morgan fingerprint density at radius 3 is 2.67 bits per heavy atom. The van der Waals surface area contributed by atoms with E-state index < -0.39 is 5.97 Å². The van der Waals surface area contributed by atoms with E-state index in [1.165, 1.54) is 12.7 Å². The minimum atomic E-state index is -0.486. The molecular weight excluding hydrogens is 344 g/mol. The summed E-state index contributed by atoms with van der Waals surface area (Å²) in [5.74, 6) is -0.0717. The van der Waals surface area contributed by atoms with Gasteiger partial charge in [-0.25, -0.2) is 4.79 Å². The quantitative estimate of drug-likeness (QED) is 0.340. The summed E-state index contributed by atoms with van der Waals surface area (Å²) in [6.45, 7) is 1.53. The van der Waals surface area contributed by atoms with Crippen LogP contribution in [0.5, 0.6) is 0 Å². The molecule has 0 saturated carbocycles. The lowest BCUT2D eigenvalue weighted by molar-refractivity contribution is -0.143. The van der Waals surface area contributed by atoms with Gasteiger partial charge in [0.2, 0.25) is 0 Å². The molecule has 0 saturated heterocycles. The lowest BCUT2D eigenvalue weighted by Crippen LogP contribution is -2.10. The Balaban J connectivity index is 2.32. The summed E-state index contributed by atoms with van der Waals surface area (Å²) in [7, 11) is 1.30. The average Bonchev–Trinajstić information content (AvgIpc) is 3.06. The Labute approximate surface area is 159 Å². The Morgan fingerprint density at radius 2 is 2.04 bits per heavy atom. The molecule has 0 unspecified atom stereocenters. The number of rotatable bonds is 10.